The molecule has 1 rings (SSSR count). The summed E-state index contributed by atoms with van der Waals surface area (Å²) in [5.41, 5.74) is 1.03. The van der Waals surface area contributed by atoms with E-state index in [9.17, 15) is 0 Å². The van der Waals surface area contributed by atoms with Crippen molar-refractivity contribution in [2.75, 3.05) is 33.9 Å². The van der Waals surface area contributed by atoms with Gasteiger partial charge >= 0.3 is 0 Å². The van der Waals surface area contributed by atoms with E-state index in [4.69, 9.17) is 21.1 Å². The molecule has 6 heteroatoms. The van der Waals surface area contributed by atoms with Gasteiger partial charge in [0, 0.05) is 43.9 Å². The highest BCUT2D eigenvalue weighted by Crippen LogP contribution is 2.22. The highest BCUT2D eigenvalue weighted by Gasteiger charge is 2.05. The molecule has 0 spiro atoms. The molecule has 0 unspecified atom stereocenters. The summed E-state index contributed by atoms with van der Waals surface area (Å²) < 4.78 is 10.6. The molecule has 124 valence electrons. The predicted molar refractivity (Wildman–Crippen MR) is 91.9 cm³/mol. The van der Waals surface area contributed by atoms with E-state index < -0.39 is 0 Å². The number of nitrogens with zero attached hydrogens (tertiary/aromatic N) is 1. The predicted octanol–water partition coefficient (Wildman–Crippen LogP) is 2.83. The van der Waals surface area contributed by atoms with Crippen LogP contribution in [-0.4, -0.2) is 39.9 Å². The van der Waals surface area contributed by atoms with Crippen molar-refractivity contribution in [3.05, 3.63) is 28.8 Å². The molecule has 1 aromatic rings. The minimum absolute atomic E-state index is 0.624. The molecular weight excluding hydrogens is 302 g/mol. The summed E-state index contributed by atoms with van der Waals surface area (Å²) in [6, 6.07) is 5.61. The van der Waals surface area contributed by atoms with Crippen LogP contribution in [0.5, 0.6) is 5.75 Å². The first-order valence-corrected chi connectivity index (χ1v) is 7.93. The Labute approximate surface area is 138 Å². The number of hydrogen-bond acceptors (Lipinski definition) is 3. The van der Waals surface area contributed by atoms with Gasteiger partial charge in [-0.05, 0) is 31.9 Å². The van der Waals surface area contributed by atoms with Crippen LogP contribution in [0.15, 0.2) is 23.2 Å². The summed E-state index contributed by atoms with van der Waals surface area (Å²) in [5, 5.41) is 7.21. The summed E-state index contributed by atoms with van der Waals surface area (Å²) in [7, 11) is 3.40. The number of benzene rings is 1. The van der Waals surface area contributed by atoms with Gasteiger partial charge in [-0.3, -0.25) is 4.99 Å². The maximum atomic E-state index is 5.96. The Morgan fingerprint density at radius 2 is 2.09 bits per heavy atom. The summed E-state index contributed by atoms with van der Waals surface area (Å²) in [6.07, 6.45) is 2.09. The lowest BCUT2D eigenvalue weighted by atomic mass is 10.2. The lowest BCUT2D eigenvalue weighted by Crippen LogP contribution is -2.37. The first-order valence-electron chi connectivity index (χ1n) is 7.56. The van der Waals surface area contributed by atoms with Crippen molar-refractivity contribution in [3.8, 4) is 5.75 Å². The van der Waals surface area contributed by atoms with Crippen molar-refractivity contribution < 1.29 is 9.47 Å². The van der Waals surface area contributed by atoms with E-state index in [-0.39, 0.29) is 0 Å². The average molecular weight is 328 g/mol. The standard InChI is InChI=1S/C16H26ClN3O2/c1-4-22-10-6-5-9-19-16(18-2)20-12-13-7-8-14(17)11-15(13)21-3/h7-8,11H,4-6,9-10,12H2,1-3H3,(H2,18,19,20). The Bertz CT molecular complexity index is 467. The van der Waals surface area contributed by atoms with Crippen molar-refractivity contribution in [1.82, 2.24) is 10.6 Å². The quantitative estimate of drug-likeness (QED) is 0.416. The SMILES string of the molecule is CCOCCCCNC(=NC)NCc1ccc(Cl)cc1OC. The van der Waals surface area contributed by atoms with Crippen molar-refractivity contribution in [2.45, 2.75) is 26.3 Å². The Morgan fingerprint density at radius 3 is 2.77 bits per heavy atom. The normalized spacial score (nSPS) is 11.4. The zero-order valence-corrected chi connectivity index (χ0v) is 14.4. The summed E-state index contributed by atoms with van der Waals surface area (Å²) in [5.74, 6) is 1.54. The van der Waals surface area contributed by atoms with Crippen molar-refractivity contribution in [1.29, 1.82) is 0 Å². The molecule has 5 nitrogen and oxygen atoms in total. The van der Waals surface area contributed by atoms with Crippen LogP contribution in [0.3, 0.4) is 0 Å². The molecule has 0 aromatic heterocycles. The minimum atomic E-state index is 0.624. The number of hydrogen-bond donors (Lipinski definition) is 2. The lowest BCUT2D eigenvalue weighted by molar-refractivity contribution is 0.143. The van der Waals surface area contributed by atoms with Gasteiger partial charge in [0.25, 0.3) is 0 Å². The van der Waals surface area contributed by atoms with Crippen LogP contribution < -0.4 is 15.4 Å². The second-order valence-corrected chi connectivity index (χ2v) is 5.15. The van der Waals surface area contributed by atoms with Crippen LogP contribution in [0.2, 0.25) is 5.02 Å². The fraction of sp³-hybridized carbons (Fsp3) is 0.562. The smallest absolute Gasteiger partial charge is 0.191 e. The topological polar surface area (TPSA) is 54.9 Å². The molecule has 0 fully saturated rings. The molecule has 0 amide bonds. The van der Waals surface area contributed by atoms with Crippen LogP contribution in [0.25, 0.3) is 0 Å². The molecule has 0 atom stereocenters. The second kappa shape index (κ2) is 11.2. The molecule has 0 saturated heterocycles. The molecule has 0 radical (unpaired) electrons. The van der Waals surface area contributed by atoms with Gasteiger partial charge in [-0.15, -0.1) is 0 Å². The summed E-state index contributed by atoms with van der Waals surface area (Å²) in [4.78, 5) is 4.21. The number of guanidine groups is 1. The molecule has 0 aliphatic heterocycles. The average Bonchev–Trinajstić information content (AvgIpc) is 2.54. The minimum Gasteiger partial charge on any atom is -0.496 e. The molecule has 0 saturated carbocycles. The first kappa shape index (κ1) is 18.6. The largest absolute Gasteiger partial charge is 0.496 e. The molecule has 2 N–H and O–H groups in total. The third-order valence-electron chi connectivity index (χ3n) is 3.13. The van der Waals surface area contributed by atoms with E-state index in [0.717, 1.165) is 49.9 Å². The van der Waals surface area contributed by atoms with Gasteiger partial charge in [0.1, 0.15) is 5.75 Å². The Kier molecular flexibility index (Phi) is 9.42. The number of methoxy groups -OCH3 is 1. The van der Waals surface area contributed by atoms with E-state index in [0.29, 0.717) is 11.6 Å². The molecule has 0 aliphatic carbocycles. The van der Waals surface area contributed by atoms with Gasteiger partial charge in [-0.25, -0.2) is 0 Å². The van der Waals surface area contributed by atoms with Gasteiger partial charge in [0.15, 0.2) is 5.96 Å². The maximum Gasteiger partial charge on any atom is 0.191 e. The number of rotatable bonds is 9. The van der Waals surface area contributed by atoms with E-state index in [1.54, 1.807) is 14.2 Å². The number of ether oxygens (including phenoxy) is 2. The number of aliphatic imine (C=N–C) groups is 1. The first-order chi connectivity index (χ1) is 10.7. The third kappa shape index (κ3) is 7.00. The second-order valence-electron chi connectivity index (χ2n) is 4.71. The van der Waals surface area contributed by atoms with Gasteiger partial charge in [-0.2, -0.15) is 0 Å². The van der Waals surface area contributed by atoms with Crippen molar-refractivity contribution in [2.24, 2.45) is 4.99 Å². The zero-order chi connectivity index (χ0) is 16.2. The fourth-order valence-corrected chi connectivity index (χ4v) is 2.11. The van der Waals surface area contributed by atoms with Gasteiger partial charge in [0.05, 0.1) is 7.11 Å². The molecule has 22 heavy (non-hydrogen) atoms. The number of halogens is 1. The van der Waals surface area contributed by atoms with E-state index in [1.807, 2.05) is 25.1 Å². The van der Waals surface area contributed by atoms with Crippen LogP contribution in [0.4, 0.5) is 0 Å². The van der Waals surface area contributed by atoms with Gasteiger partial charge in [0.2, 0.25) is 0 Å². The Morgan fingerprint density at radius 1 is 1.27 bits per heavy atom. The van der Waals surface area contributed by atoms with Crippen LogP contribution in [0.1, 0.15) is 25.3 Å². The number of unbranched alkanes of at least 4 members (excludes halogenated alkanes) is 1. The van der Waals surface area contributed by atoms with E-state index >= 15 is 0 Å². The molecule has 0 heterocycles. The van der Waals surface area contributed by atoms with E-state index in [2.05, 4.69) is 15.6 Å². The van der Waals surface area contributed by atoms with Crippen LogP contribution in [-0.2, 0) is 11.3 Å². The maximum absolute atomic E-state index is 5.96. The van der Waals surface area contributed by atoms with Gasteiger partial charge in [-0.1, -0.05) is 17.7 Å². The Hall–Kier alpha value is -1.46. The highest BCUT2D eigenvalue weighted by molar-refractivity contribution is 6.30. The monoisotopic (exact) mass is 327 g/mol. The highest BCUT2D eigenvalue weighted by atomic mass is 35.5. The third-order valence-corrected chi connectivity index (χ3v) is 3.37. The summed E-state index contributed by atoms with van der Waals surface area (Å²) >= 11 is 5.96. The summed E-state index contributed by atoms with van der Waals surface area (Å²) in [6.45, 7) is 5.09. The molecular formula is C16H26ClN3O2. The van der Waals surface area contributed by atoms with Crippen LogP contribution >= 0.6 is 11.6 Å². The fourth-order valence-electron chi connectivity index (χ4n) is 1.94. The van der Waals surface area contributed by atoms with Gasteiger partial charge < -0.3 is 20.1 Å². The lowest BCUT2D eigenvalue weighted by Gasteiger charge is -2.14. The zero-order valence-electron chi connectivity index (χ0n) is 13.6. The Balaban J connectivity index is 2.35. The van der Waals surface area contributed by atoms with E-state index in [1.165, 1.54) is 0 Å². The van der Waals surface area contributed by atoms with Crippen LogP contribution in [0, 0.1) is 0 Å². The van der Waals surface area contributed by atoms with Crippen molar-refractivity contribution in [3.63, 3.8) is 0 Å². The van der Waals surface area contributed by atoms with Crippen molar-refractivity contribution >= 4 is 17.6 Å². The molecule has 1 aromatic carbocycles. The molecule has 0 bridgehead atoms. The molecule has 0 aliphatic rings. The number of nitrogens with one attached hydrogen (secondary N) is 2.